The van der Waals surface area contributed by atoms with Gasteiger partial charge in [-0.1, -0.05) is 41.9 Å². The molecule has 0 fully saturated rings. The normalized spacial score (nSPS) is 11.4. The molecule has 214 valence electrons. The van der Waals surface area contributed by atoms with Crippen LogP contribution in [0, 0.1) is 10.1 Å². The van der Waals surface area contributed by atoms with Gasteiger partial charge in [0.05, 0.1) is 15.6 Å². The second-order valence-electron chi connectivity index (χ2n) is 8.61. The number of amides is 2. The highest BCUT2D eigenvalue weighted by Crippen LogP contribution is 2.43. The van der Waals surface area contributed by atoms with E-state index in [-0.39, 0.29) is 55.2 Å². The maximum atomic E-state index is 13.7. The fourth-order valence-electron chi connectivity index (χ4n) is 3.97. The van der Waals surface area contributed by atoms with Gasteiger partial charge < -0.3 is 15.8 Å². The highest BCUT2D eigenvalue weighted by molar-refractivity contribution is 7.21. The van der Waals surface area contributed by atoms with Crippen LogP contribution in [0.2, 0.25) is 5.02 Å². The average Bonchev–Trinajstić information content (AvgIpc) is 3.57. The quantitative estimate of drug-likeness (QED) is 0.157. The minimum Gasteiger partial charge on any atom is -0.470 e. The van der Waals surface area contributed by atoms with E-state index in [1.54, 1.807) is 30.3 Å². The number of nitro benzene ring substituents is 1. The molecule has 0 atom stereocenters. The number of carbonyl (C=O) groups excluding carboxylic acids is 2. The molecule has 2 aromatic carbocycles. The third-order valence-corrected chi connectivity index (χ3v) is 7.25. The summed E-state index contributed by atoms with van der Waals surface area (Å²) in [7, 11) is 0. The first kappa shape index (κ1) is 28.5. The first-order chi connectivity index (χ1) is 19.9. The number of pyridine rings is 1. The molecule has 0 unspecified atom stereocenters. The molecule has 0 saturated heterocycles. The molecule has 0 radical (unpaired) electrons. The van der Waals surface area contributed by atoms with Gasteiger partial charge in [-0.25, -0.2) is 9.67 Å². The number of non-ortho nitro benzene ring substituents is 1. The summed E-state index contributed by atoms with van der Waals surface area (Å²) in [6, 6.07) is 14.0. The van der Waals surface area contributed by atoms with E-state index in [4.69, 9.17) is 22.1 Å². The second kappa shape index (κ2) is 11.1. The number of anilines is 1. The smallest absolute Gasteiger partial charge is 0.433 e. The van der Waals surface area contributed by atoms with E-state index in [1.165, 1.54) is 29.1 Å². The van der Waals surface area contributed by atoms with Crippen molar-refractivity contribution in [3.05, 3.63) is 98.3 Å². The van der Waals surface area contributed by atoms with Crippen LogP contribution >= 0.6 is 22.9 Å². The van der Waals surface area contributed by atoms with E-state index in [0.29, 0.717) is 16.9 Å². The van der Waals surface area contributed by atoms with E-state index < -0.39 is 28.6 Å². The first-order valence-electron chi connectivity index (χ1n) is 11.7. The fourth-order valence-corrected chi connectivity index (χ4v) is 5.21. The Morgan fingerprint density at radius 1 is 1.14 bits per heavy atom. The number of primary amides is 1. The number of aromatic nitrogens is 3. The summed E-state index contributed by atoms with van der Waals surface area (Å²) < 4.78 is 47.8. The zero-order valence-electron chi connectivity index (χ0n) is 20.9. The van der Waals surface area contributed by atoms with Crippen molar-refractivity contribution in [3.8, 4) is 16.9 Å². The molecule has 0 aliphatic carbocycles. The van der Waals surface area contributed by atoms with Crippen molar-refractivity contribution >= 4 is 56.3 Å². The Kier molecular flexibility index (Phi) is 7.53. The van der Waals surface area contributed by atoms with Crippen LogP contribution in [-0.2, 0) is 12.9 Å². The number of carbonyl (C=O) groups is 2. The molecule has 0 bridgehead atoms. The number of thiophene rings is 1. The number of nitro groups is 1. The summed E-state index contributed by atoms with van der Waals surface area (Å²) in [5.74, 6) is -1.62. The molecule has 11 nitrogen and oxygen atoms in total. The van der Waals surface area contributed by atoms with Gasteiger partial charge in [-0.2, -0.15) is 18.3 Å². The lowest BCUT2D eigenvalue weighted by Gasteiger charge is -2.12. The van der Waals surface area contributed by atoms with Crippen LogP contribution in [0.3, 0.4) is 0 Å². The largest absolute Gasteiger partial charge is 0.470 e. The zero-order valence-corrected chi connectivity index (χ0v) is 22.5. The summed E-state index contributed by atoms with van der Waals surface area (Å²) in [6.07, 6.45) is -3.37. The van der Waals surface area contributed by atoms with Crippen LogP contribution in [-0.4, -0.2) is 31.5 Å². The molecule has 3 N–H and O–H groups in total. The third kappa shape index (κ3) is 5.73. The Morgan fingerprint density at radius 2 is 1.88 bits per heavy atom. The molecule has 3 heterocycles. The van der Waals surface area contributed by atoms with Crippen LogP contribution in [0.15, 0.2) is 66.9 Å². The number of nitrogens with one attached hydrogen (secondary N) is 1. The predicted molar refractivity (Wildman–Crippen MR) is 147 cm³/mol. The Bertz CT molecular complexity index is 1860. The van der Waals surface area contributed by atoms with Gasteiger partial charge in [0, 0.05) is 23.7 Å². The Labute approximate surface area is 242 Å². The Balaban J connectivity index is 1.46. The lowest BCUT2D eigenvalue weighted by Crippen LogP contribution is -2.18. The van der Waals surface area contributed by atoms with Gasteiger partial charge in [-0.05, 0) is 29.3 Å². The van der Waals surface area contributed by atoms with Gasteiger partial charge in [-0.15, -0.1) is 11.3 Å². The fraction of sp³-hybridized carbons (Fsp3) is 0.0769. The van der Waals surface area contributed by atoms with Gasteiger partial charge in [0.15, 0.2) is 12.4 Å². The summed E-state index contributed by atoms with van der Waals surface area (Å²) in [5.41, 5.74) is 4.40. The summed E-state index contributed by atoms with van der Waals surface area (Å²) >= 11 is 6.65. The van der Waals surface area contributed by atoms with Crippen molar-refractivity contribution in [2.45, 2.75) is 12.9 Å². The zero-order chi connectivity index (χ0) is 30.2. The molecule has 3 aromatic heterocycles. The van der Waals surface area contributed by atoms with Gasteiger partial charge >= 0.3 is 6.18 Å². The Morgan fingerprint density at radius 3 is 2.52 bits per heavy atom. The molecule has 5 aromatic rings. The number of halogens is 4. The summed E-state index contributed by atoms with van der Waals surface area (Å²) in [4.78, 5) is 39.1. The number of hydrogen-bond acceptors (Lipinski definition) is 8. The van der Waals surface area contributed by atoms with E-state index in [1.807, 2.05) is 0 Å². The monoisotopic (exact) mass is 616 g/mol. The second-order valence-corrected chi connectivity index (χ2v) is 10.0. The molecular weight excluding hydrogens is 601 g/mol. The lowest BCUT2D eigenvalue weighted by molar-refractivity contribution is -0.384. The summed E-state index contributed by atoms with van der Waals surface area (Å²) in [5, 5.41) is 17.7. The number of nitrogens with zero attached hydrogens (tertiary/aromatic N) is 4. The highest BCUT2D eigenvalue weighted by Gasteiger charge is 2.35. The first-order valence-corrected chi connectivity index (χ1v) is 12.9. The van der Waals surface area contributed by atoms with Crippen molar-refractivity contribution in [1.82, 2.24) is 14.8 Å². The van der Waals surface area contributed by atoms with Crippen LogP contribution < -0.4 is 15.8 Å². The summed E-state index contributed by atoms with van der Waals surface area (Å²) in [6.45, 7) is -0.221. The van der Waals surface area contributed by atoms with Crippen LogP contribution in [0.5, 0.6) is 5.75 Å². The molecule has 0 saturated carbocycles. The maximum absolute atomic E-state index is 13.7. The van der Waals surface area contributed by atoms with Gasteiger partial charge in [0.2, 0.25) is 0 Å². The number of fused-ring (bicyclic) bond motifs is 1. The molecule has 5 rings (SSSR count). The molecule has 2 amide bonds. The number of rotatable bonds is 8. The van der Waals surface area contributed by atoms with Crippen LogP contribution in [0.4, 0.5) is 24.5 Å². The van der Waals surface area contributed by atoms with Crippen molar-refractivity contribution in [2.75, 3.05) is 5.32 Å². The van der Waals surface area contributed by atoms with Crippen molar-refractivity contribution in [1.29, 1.82) is 0 Å². The number of benzene rings is 2. The molecule has 0 aliphatic heterocycles. The topological polar surface area (TPSA) is 155 Å². The maximum Gasteiger partial charge on any atom is 0.433 e. The average molecular weight is 617 g/mol. The molecular formula is C26H16ClF3N6O5S. The predicted octanol–water partition coefficient (Wildman–Crippen LogP) is 6.13. The highest BCUT2D eigenvalue weighted by atomic mass is 35.5. The van der Waals surface area contributed by atoms with E-state index in [9.17, 15) is 32.9 Å². The third-order valence-electron chi connectivity index (χ3n) is 5.85. The lowest BCUT2D eigenvalue weighted by atomic mass is 10.0. The van der Waals surface area contributed by atoms with E-state index in [2.05, 4.69) is 15.4 Å². The van der Waals surface area contributed by atoms with Crippen LogP contribution in [0.25, 0.3) is 21.3 Å². The minimum atomic E-state index is -4.77. The standard InChI is InChI=1S/C26H16ClF3N6O5S/c27-16-10-14(36(39)40)6-7-18(16)41-12-35-9-8-17(34-35)24(38)33-21-20-15(13-4-2-1-3-5-13)11-19(26(28,29)30)32-25(20)42-22(21)23(31)37/h1-11H,12H2,(H2,31,37)(H,33,38). The molecule has 0 spiro atoms. The Hall–Kier alpha value is -5.02. The van der Waals surface area contributed by atoms with Gasteiger partial charge in [-0.3, -0.25) is 19.7 Å². The molecule has 16 heteroatoms. The number of alkyl halides is 3. The number of nitrogens with two attached hydrogens (primary N) is 1. The molecule has 42 heavy (non-hydrogen) atoms. The minimum absolute atomic E-state index is 0.00542. The SMILES string of the molecule is NC(=O)c1sc2nc(C(F)(F)F)cc(-c3ccccc3)c2c1NC(=O)c1ccn(COc2ccc([N+](=O)[O-])cc2Cl)n1. The van der Waals surface area contributed by atoms with Crippen LogP contribution in [0.1, 0.15) is 25.9 Å². The van der Waals surface area contributed by atoms with Crippen molar-refractivity contribution in [2.24, 2.45) is 5.73 Å². The van der Waals surface area contributed by atoms with Crippen molar-refractivity contribution in [3.63, 3.8) is 0 Å². The van der Waals surface area contributed by atoms with Gasteiger partial charge in [0.1, 0.15) is 21.2 Å². The number of hydrogen-bond donors (Lipinski definition) is 2. The number of ether oxygens (including phenoxy) is 1. The van der Waals surface area contributed by atoms with Gasteiger partial charge in [0.25, 0.3) is 17.5 Å². The molecule has 0 aliphatic rings. The van der Waals surface area contributed by atoms with E-state index in [0.717, 1.165) is 12.1 Å². The van der Waals surface area contributed by atoms with Crippen molar-refractivity contribution < 1.29 is 32.4 Å². The van der Waals surface area contributed by atoms with E-state index >= 15 is 0 Å².